The Morgan fingerprint density at radius 3 is 2.49 bits per heavy atom. The Morgan fingerprint density at radius 2 is 1.76 bits per heavy atom. The fraction of sp³-hybridized carbons (Fsp3) is 0.467. The van der Waals surface area contributed by atoms with Gasteiger partial charge in [0.25, 0.3) is 0 Å². The topological polar surface area (TPSA) is 124 Å². The molecule has 2 saturated heterocycles. The van der Waals surface area contributed by atoms with Crippen molar-refractivity contribution in [3.8, 4) is 11.5 Å². The van der Waals surface area contributed by atoms with Crippen LogP contribution in [0.25, 0.3) is 0 Å². The summed E-state index contributed by atoms with van der Waals surface area (Å²) in [7, 11) is 0. The molecular weight excluding hydrogens is 526 g/mol. The molecule has 0 radical (unpaired) electrons. The van der Waals surface area contributed by atoms with Gasteiger partial charge in [-0.25, -0.2) is 0 Å². The lowest BCUT2D eigenvalue weighted by atomic mass is 10.0. The van der Waals surface area contributed by atoms with Crippen molar-refractivity contribution in [1.82, 2.24) is 15.1 Å². The van der Waals surface area contributed by atoms with Crippen LogP contribution in [0.5, 0.6) is 11.5 Å². The van der Waals surface area contributed by atoms with Gasteiger partial charge in [-0.15, -0.1) is 0 Å². The minimum Gasteiger partial charge on any atom is -0.466 e. The normalized spacial score (nSPS) is 17.3. The van der Waals surface area contributed by atoms with E-state index in [-0.39, 0.29) is 44.7 Å². The molecule has 2 fully saturated rings. The molecule has 5 rings (SSSR count). The number of rotatable bonds is 9. The van der Waals surface area contributed by atoms with Gasteiger partial charge in [-0.2, -0.15) is 0 Å². The summed E-state index contributed by atoms with van der Waals surface area (Å²) in [4.78, 5) is 44.0. The molecule has 41 heavy (non-hydrogen) atoms. The number of nitrogens with one attached hydrogen (secondary N) is 2. The van der Waals surface area contributed by atoms with Gasteiger partial charge < -0.3 is 34.2 Å². The van der Waals surface area contributed by atoms with Crippen LogP contribution in [0.3, 0.4) is 0 Å². The fourth-order valence-electron chi connectivity index (χ4n) is 5.41. The molecule has 3 aliphatic heterocycles. The lowest BCUT2D eigenvalue weighted by molar-refractivity contribution is -0.144. The predicted molar refractivity (Wildman–Crippen MR) is 152 cm³/mol. The Morgan fingerprint density at radius 1 is 1.00 bits per heavy atom. The van der Waals surface area contributed by atoms with Crippen molar-refractivity contribution in [3.63, 3.8) is 0 Å². The number of ether oxygens (including phenoxy) is 3. The lowest BCUT2D eigenvalue weighted by Gasteiger charge is -2.35. The number of esters is 1. The fourth-order valence-corrected chi connectivity index (χ4v) is 5.41. The Bertz CT molecular complexity index is 1280. The third-order valence-corrected chi connectivity index (χ3v) is 7.64. The molecule has 1 unspecified atom stereocenters. The summed E-state index contributed by atoms with van der Waals surface area (Å²) in [5.41, 5.74) is 2.47. The summed E-state index contributed by atoms with van der Waals surface area (Å²) >= 11 is 0. The number of nitrogens with zero attached hydrogens (tertiary/aromatic N) is 3. The van der Waals surface area contributed by atoms with Crippen LogP contribution < -0.4 is 19.7 Å². The van der Waals surface area contributed by atoms with Crippen LogP contribution in [0.2, 0.25) is 0 Å². The van der Waals surface area contributed by atoms with Crippen LogP contribution in [0.15, 0.2) is 42.5 Å². The lowest BCUT2D eigenvalue weighted by Crippen LogP contribution is -2.53. The van der Waals surface area contributed by atoms with E-state index in [1.807, 2.05) is 29.2 Å². The quantitative estimate of drug-likeness (QED) is 0.271. The van der Waals surface area contributed by atoms with E-state index in [4.69, 9.17) is 19.6 Å². The molecule has 218 valence electrons. The number of benzene rings is 2. The van der Waals surface area contributed by atoms with Crippen LogP contribution >= 0.6 is 0 Å². The molecule has 2 aromatic carbocycles. The molecule has 2 N–H and O–H groups in total. The molecule has 1 atom stereocenters. The Balaban J connectivity index is 1.17. The molecule has 0 bridgehead atoms. The molecule has 2 aromatic rings. The largest absolute Gasteiger partial charge is 0.466 e. The maximum absolute atomic E-state index is 13.0. The standard InChI is InChI=1S/C30H37N5O6/c1-2-39-29(38)17-24(22-8-11-25-26(16-22)41-20-40-25)32-27(36)18-35-15-14-34(19-28(35)37)23-9-6-21(7-10-23)30(31)33-12-4-3-5-13-33/h6-11,16,24,31H,2-5,12-15,17-20H2,1H3,(H,32,36). The third kappa shape index (κ3) is 6.90. The van der Waals surface area contributed by atoms with E-state index in [1.165, 1.54) is 11.3 Å². The van der Waals surface area contributed by atoms with Gasteiger partial charge in [0.15, 0.2) is 11.5 Å². The second-order valence-corrected chi connectivity index (χ2v) is 10.4. The van der Waals surface area contributed by atoms with Gasteiger partial charge in [-0.1, -0.05) is 6.07 Å². The van der Waals surface area contributed by atoms with E-state index < -0.39 is 12.0 Å². The zero-order chi connectivity index (χ0) is 28.8. The van der Waals surface area contributed by atoms with E-state index in [0.29, 0.717) is 36.0 Å². The first kappa shape index (κ1) is 28.3. The first-order valence-electron chi connectivity index (χ1n) is 14.2. The summed E-state index contributed by atoms with van der Waals surface area (Å²) in [6.07, 6.45) is 3.41. The average molecular weight is 564 g/mol. The van der Waals surface area contributed by atoms with E-state index in [9.17, 15) is 14.4 Å². The summed E-state index contributed by atoms with van der Waals surface area (Å²) < 4.78 is 15.9. The first-order chi connectivity index (χ1) is 19.9. The van der Waals surface area contributed by atoms with Gasteiger partial charge in [-0.3, -0.25) is 19.8 Å². The van der Waals surface area contributed by atoms with Crippen LogP contribution in [0.4, 0.5) is 5.69 Å². The van der Waals surface area contributed by atoms with Gasteiger partial charge in [0.1, 0.15) is 5.84 Å². The second-order valence-electron chi connectivity index (χ2n) is 10.4. The van der Waals surface area contributed by atoms with Gasteiger partial charge in [-0.05, 0) is 68.1 Å². The number of carbonyl (C=O) groups excluding carboxylic acids is 3. The monoisotopic (exact) mass is 563 g/mol. The average Bonchev–Trinajstić information content (AvgIpc) is 3.46. The Labute approximate surface area is 239 Å². The van der Waals surface area contributed by atoms with E-state index in [2.05, 4.69) is 10.2 Å². The number of hydrogen-bond acceptors (Lipinski definition) is 8. The molecule has 0 aromatic heterocycles. The molecule has 0 saturated carbocycles. The summed E-state index contributed by atoms with van der Waals surface area (Å²) in [6, 6.07) is 12.4. The molecule has 11 heteroatoms. The van der Waals surface area contributed by atoms with Gasteiger partial charge in [0, 0.05) is 37.4 Å². The second kappa shape index (κ2) is 12.9. The van der Waals surface area contributed by atoms with Crippen LogP contribution in [-0.4, -0.2) is 86.1 Å². The smallest absolute Gasteiger partial charge is 0.308 e. The van der Waals surface area contributed by atoms with Crippen molar-refractivity contribution in [3.05, 3.63) is 53.6 Å². The van der Waals surface area contributed by atoms with Crippen molar-refractivity contribution < 1.29 is 28.6 Å². The number of piperazine rings is 1. The molecule has 3 heterocycles. The molecule has 0 spiro atoms. The van der Waals surface area contributed by atoms with Crippen LogP contribution in [0, 0.1) is 5.41 Å². The predicted octanol–water partition coefficient (Wildman–Crippen LogP) is 2.69. The number of piperidine rings is 1. The highest BCUT2D eigenvalue weighted by atomic mass is 16.7. The first-order valence-corrected chi connectivity index (χ1v) is 14.2. The number of anilines is 1. The maximum Gasteiger partial charge on any atom is 0.308 e. The molecule has 0 aliphatic carbocycles. The van der Waals surface area contributed by atoms with Gasteiger partial charge in [0.05, 0.1) is 32.2 Å². The Hall–Kier alpha value is -4.28. The SMILES string of the molecule is CCOC(=O)CC(NC(=O)CN1CCN(c2ccc(C(=N)N3CCCCC3)cc2)CC1=O)c1ccc2c(c1)OCO2. The summed E-state index contributed by atoms with van der Waals surface area (Å²) in [5, 5.41) is 11.4. The molecule has 2 amide bonds. The van der Waals surface area contributed by atoms with Gasteiger partial charge in [0.2, 0.25) is 18.6 Å². The zero-order valence-corrected chi connectivity index (χ0v) is 23.4. The van der Waals surface area contributed by atoms with Crippen molar-refractivity contribution in [2.75, 3.05) is 57.6 Å². The van der Waals surface area contributed by atoms with Crippen LogP contribution in [-0.2, 0) is 19.1 Å². The van der Waals surface area contributed by atoms with Gasteiger partial charge >= 0.3 is 5.97 Å². The minimum atomic E-state index is -0.644. The van der Waals surface area contributed by atoms with Crippen molar-refractivity contribution in [1.29, 1.82) is 5.41 Å². The molecular formula is C30H37N5O6. The number of carbonyl (C=O) groups is 3. The number of fused-ring (bicyclic) bond motifs is 1. The number of likely N-dealkylation sites (tertiary alicyclic amines) is 1. The highest BCUT2D eigenvalue weighted by Crippen LogP contribution is 2.35. The van der Waals surface area contributed by atoms with Crippen LogP contribution in [0.1, 0.15) is 49.8 Å². The van der Waals surface area contributed by atoms with Crippen molar-refractivity contribution in [2.45, 2.75) is 38.6 Å². The minimum absolute atomic E-state index is 0.0494. The molecule has 11 nitrogen and oxygen atoms in total. The van der Waals surface area contributed by atoms with E-state index in [0.717, 1.165) is 37.2 Å². The Kier molecular flexibility index (Phi) is 8.91. The third-order valence-electron chi connectivity index (χ3n) is 7.64. The molecule has 3 aliphatic rings. The number of hydrogen-bond donors (Lipinski definition) is 2. The highest BCUT2D eigenvalue weighted by Gasteiger charge is 2.28. The zero-order valence-electron chi connectivity index (χ0n) is 23.4. The van der Waals surface area contributed by atoms with Crippen molar-refractivity contribution in [2.24, 2.45) is 0 Å². The summed E-state index contributed by atoms with van der Waals surface area (Å²) in [6.45, 7) is 4.95. The van der Waals surface area contributed by atoms with E-state index >= 15 is 0 Å². The van der Waals surface area contributed by atoms with Crippen molar-refractivity contribution >= 4 is 29.3 Å². The number of amidine groups is 1. The summed E-state index contributed by atoms with van der Waals surface area (Å²) in [5.74, 6) is 0.755. The maximum atomic E-state index is 13.0. The van der Waals surface area contributed by atoms with E-state index in [1.54, 1.807) is 25.1 Å². The number of amides is 2. The highest BCUT2D eigenvalue weighted by molar-refractivity contribution is 5.97.